The lowest BCUT2D eigenvalue weighted by molar-refractivity contribution is -0.113. The highest BCUT2D eigenvalue weighted by molar-refractivity contribution is 8.27. The Morgan fingerprint density at radius 1 is 1.19 bits per heavy atom. The van der Waals surface area contributed by atoms with E-state index in [0.29, 0.717) is 26.3 Å². The van der Waals surface area contributed by atoms with Crippen LogP contribution in [-0.2, 0) is 4.79 Å². The van der Waals surface area contributed by atoms with E-state index in [1.807, 2.05) is 37.4 Å². The van der Waals surface area contributed by atoms with Gasteiger partial charge in [0, 0.05) is 16.5 Å². The van der Waals surface area contributed by atoms with Gasteiger partial charge >= 0.3 is 5.97 Å². The number of anilines is 1. The lowest BCUT2D eigenvalue weighted by Gasteiger charge is -2.15. The van der Waals surface area contributed by atoms with Crippen LogP contribution < -0.4 is 4.90 Å². The summed E-state index contributed by atoms with van der Waals surface area (Å²) in [6.45, 7) is 1.89. The predicted molar refractivity (Wildman–Crippen MR) is 130 cm³/mol. The van der Waals surface area contributed by atoms with Gasteiger partial charge in [-0.1, -0.05) is 36.1 Å². The Balaban J connectivity index is 1.63. The Hall–Kier alpha value is -2.81. The molecule has 5 nitrogen and oxygen atoms in total. The molecule has 2 heterocycles. The molecule has 8 heteroatoms. The van der Waals surface area contributed by atoms with Crippen LogP contribution in [0.15, 0.2) is 68.8 Å². The topological polar surface area (TPSA) is 70.8 Å². The fraction of sp³-hybridized carbons (Fsp3) is 0.0870. The van der Waals surface area contributed by atoms with Gasteiger partial charge in [0.1, 0.15) is 11.5 Å². The van der Waals surface area contributed by atoms with Crippen molar-refractivity contribution in [2.24, 2.45) is 0 Å². The van der Waals surface area contributed by atoms with Gasteiger partial charge in [0.05, 0.1) is 16.2 Å². The maximum absolute atomic E-state index is 13.0. The van der Waals surface area contributed by atoms with Crippen LogP contribution in [0, 0.1) is 6.92 Å². The third-order valence-electron chi connectivity index (χ3n) is 4.76. The van der Waals surface area contributed by atoms with E-state index in [9.17, 15) is 14.7 Å². The minimum absolute atomic E-state index is 0.187. The van der Waals surface area contributed by atoms with Crippen molar-refractivity contribution in [2.75, 3.05) is 11.2 Å². The molecule has 1 saturated heterocycles. The number of nitrogens with zero attached hydrogens (tertiary/aromatic N) is 1. The van der Waals surface area contributed by atoms with Gasteiger partial charge in [0.15, 0.2) is 4.32 Å². The Bertz CT molecular complexity index is 1250. The maximum atomic E-state index is 13.0. The van der Waals surface area contributed by atoms with Gasteiger partial charge in [-0.15, -0.1) is 11.8 Å². The van der Waals surface area contributed by atoms with Crippen LogP contribution >= 0.6 is 35.7 Å². The summed E-state index contributed by atoms with van der Waals surface area (Å²) in [5.41, 5.74) is 2.51. The summed E-state index contributed by atoms with van der Waals surface area (Å²) in [6, 6.07) is 16.1. The van der Waals surface area contributed by atoms with Gasteiger partial charge in [-0.25, -0.2) is 4.79 Å². The number of carboxylic acid groups (broad SMARTS) is 1. The number of aryl methyl sites for hydroxylation is 1. The molecule has 0 saturated carbocycles. The molecule has 1 N–H and O–H groups in total. The van der Waals surface area contributed by atoms with E-state index < -0.39 is 5.97 Å². The summed E-state index contributed by atoms with van der Waals surface area (Å²) in [6.07, 6.45) is 3.64. The number of benzene rings is 2. The monoisotopic (exact) mass is 467 g/mol. The molecule has 0 radical (unpaired) electrons. The van der Waals surface area contributed by atoms with E-state index in [1.54, 1.807) is 48.2 Å². The number of hydrogen-bond acceptors (Lipinski definition) is 6. The molecular weight excluding hydrogens is 450 g/mol. The van der Waals surface area contributed by atoms with Crippen LogP contribution in [0.3, 0.4) is 0 Å². The van der Waals surface area contributed by atoms with Gasteiger partial charge in [-0.05, 0) is 61.2 Å². The molecule has 1 fully saturated rings. The van der Waals surface area contributed by atoms with Crippen molar-refractivity contribution in [1.29, 1.82) is 0 Å². The number of furan rings is 1. The quantitative estimate of drug-likeness (QED) is 0.277. The smallest absolute Gasteiger partial charge is 0.335 e. The van der Waals surface area contributed by atoms with Crippen LogP contribution in [0.4, 0.5) is 5.69 Å². The molecule has 0 unspecified atom stereocenters. The lowest BCUT2D eigenvalue weighted by Crippen LogP contribution is -2.27. The first kappa shape index (κ1) is 21.4. The number of amides is 1. The first-order chi connectivity index (χ1) is 14.9. The second kappa shape index (κ2) is 8.74. The highest BCUT2D eigenvalue weighted by Gasteiger charge is 2.33. The number of hydrogen-bond donors (Lipinski definition) is 1. The minimum atomic E-state index is -0.998. The zero-order valence-electron chi connectivity index (χ0n) is 16.6. The summed E-state index contributed by atoms with van der Waals surface area (Å²) >= 11 is 8.27. The largest absolute Gasteiger partial charge is 0.478 e. The summed E-state index contributed by atoms with van der Waals surface area (Å²) in [5.74, 6) is -0.166. The molecule has 3 aromatic rings. The van der Waals surface area contributed by atoms with E-state index in [2.05, 4.69) is 0 Å². The third kappa shape index (κ3) is 4.32. The third-order valence-corrected chi connectivity index (χ3v) is 6.78. The van der Waals surface area contributed by atoms with Crippen molar-refractivity contribution in [3.05, 3.63) is 76.4 Å². The van der Waals surface area contributed by atoms with Gasteiger partial charge in [-0.3, -0.25) is 9.69 Å². The highest BCUT2D eigenvalue weighted by Crippen LogP contribution is 2.37. The highest BCUT2D eigenvalue weighted by atomic mass is 32.2. The molecule has 1 aliphatic heterocycles. The molecule has 0 spiro atoms. The van der Waals surface area contributed by atoms with E-state index in [-0.39, 0.29) is 11.5 Å². The van der Waals surface area contributed by atoms with Gasteiger partial charge < -0.3 is 9.52 Å². The molecule has 156 valence electrons. The zero-order chi connectivity index (χ0) is 22.1. The second-order valence-electron chi connectivity index (χ2n) is 6.76. The molecule has 1 amide bonds. The number of carbonyl (C=O) groups excluding carboxylic acids is 1. The van der Waals surface area contributed by atoms with Crippen LogP contribution in [0.1, 0.15) is 21.7 Å². The summed E-state index contributed by atoms with van der Waals surface area (Å²) in [5, 5.41) is 9.25. The van der Waals surface area contributed by atoms with E-state index in [1.165, 1.54) is 16.7 Å². The van der Waals surface area contributed by atoms with E-state index >= 15 is 0 Å². The molecule has 0 aliphatic carbocycles. The van der Waals surface area contributed by atoms with Gasteiger partial charge in [0.25, 0.3) is 5.91 Å². The molecule has 1 aliphatic rings. The second-order valence-corrected chi connectivity index (χ2v) is 9.31. The maximum Gasteiger partial charge on any atom is 0.335 e. The molecule has 31 heavy (non-hydrogen) atoms. The SMILES string of the molecule is CSc1cccc(N2C(=O)/C(=C/c3ccc(-c4cc(C(=O)O)ccc4C)o3)SC2=S)c1. The fourth-order valence-corrected chi connectivity index (χ4v) is 4.90. The van der Waals surface area contributed by atoms with Crippen LogP contribution in [0.25, 0.3) is 17.4 Å². The standard InChI is InChI=1S/C23H17NO4S3/c1-13-6-7-14(22(26)27)10-18(13)19-9-8-16(28-19)12-20-21(25)24(23(29)31-20)15-4-3-5-17(11-15)30-2/h3-12H,1-2H3,(H,26,27)/b20-12-. The first-order valence-electron chi connectivity index (χ1n) is 9.23. The van der Waals surface area contributed by atoms with Gasteiger partial charge in [-0.2, -0.15) is 0 Å². The number of thiocarbonyl (C=S) groups is 1. The number of carboxylic acids is 1. The summed E-state index contributed by atoms with van der Waals surface area (Å²) < 4.78 is 6.37. The minimum Gasteiger partial charge on any atom is -0.478 e. The number of thioether (sulfide) groups is 2. The van der Waals surface area contributed by atoms with Crippen molar-refractivity contribution < 1.29 is 19.1 Å². The number of carbonyl (C=O) groups is 2. The number of rotatable bonds is 5. The Morgan fingerprint density at radius 2 is 2.00 bits per heavy atom. The molecule has 1 aromatic heterocycles. The molecule has 2 aromatic carbocycles. The number of aromatic carboxylic acids is 1. The van der Waals surface area contributed by atoms with Crippen molar-refractivity contribution in [3.63, 3.8) is 0 Å². The summed E-state index contributed by atoms with van der Waals surface area (Å²) in [4.78, 5) is 27.3. The van der Waals surface area contributed by atoms with E-state index in [4.69, 9.17) is 16.6 Å². The average molecular weight is 468 g/mol. The summed E-state index contributed by atoms with van der Waals surface area (Å²) in [7, 11) is 0. The van der Waals surface area contributed by atoms with E-state index in [0.717, 1.165) is 16.1 Å². The lowest BCUT2D eigenvalue weighted by atomic mass is 10.0. The van der Waals surface area contributed by atoms with Crippen molar-refractivity contribution in [1.82, 2.24) is 0 Å². The fourth-order valence-electron chi connectivity index (χ4n) is 3.16. The average Bonchev–Trinajstić information content (AvgIpc) is 3.32. The Labute approximate surface area is 193 Å². The van der Waals surface area contributed by atoms with Crippen molar-refractivity contribution in [2.45, 2.75) is 11.8 Å². The van der Waals surface area contributed by atoms with Gasteiger partial charge in [0.2, 0.25) is 0 Å². The molecule has 0 bridgehead atoms. The molecule has 4 rings (SSSR count). The molecule has 0 atom stereocenters. The van der Waals surface area contributed by atoms with Crippen molar-refractivity contribution in [3.8, 4) is 11.3 Å². The van der Waals surface area contributed by atoms with Crippen LogP contribution in [0.2, 0.25) is 0 Å². The zero-order valence-corrected chi connectivity index (χ0v) is 19.1. The Kier molecular flexibility index (Phi) is 6.04. The first-order valence-corrected chi connectivity index (χ1v) is 11.7. The van der Waals surface area contributed by atoms with Crippen molar-refractivity contribution >= 4 is 63.7 Å². The normalized spacial score (nSPS) is 15.2. The Morgan fingerprint density at radius 3 is 2.74 bits per heavy atom. The molecular formula is C23H17NO4S3. The van der Waals surface area contributed by atoms with Crippen LogP contribution in [0.5, 0.6) is 0 Å². The predicted octanol–water partition coefficient (Wildman–Crippen LogP) is 6.08. The van der Waals surface area contributed by atoms with Crippen LogP contribution in [-0.4, -0.2) is 27.6 Å².